The Kier molecular flexibility index (Phi) is 7.90. The van der Waals surface area contributed by atoms with E-state index in [2.05, 4.69) is 26.8 Å². The second kappa shape index (κ2) is 11.9. The lowest BCUT2D eigenvalue weighted by Crippen LogP contribution is -2.63. The van der Waals surface area contributed by atoms with Crippen LogP contribution in [-0.4, -0.2) is 85.6 Å². The van der Waals surface area contributed by atoms with Gasteiger partial charge in [0.15, 0.2) is 0 Å². The highest BCUT2D eigenvalue weighted by molar-refractivity contribution is 6.06. The van der Waals surface area contributed by atoms with E-state index >= 15 is 0 Å². The maximum atomic E-state index is 13.5. The third-order valence-corrected chi connectivity index (χ3v) is 8.77. The maximum Gasteiger partial charge on any atom is 0.331 e. The van der Waals surface area contributed by atoms with E-state index in [1.54, 1.807) is 24.1 Å². The maximum absolute atomic E-state index is 13.5. The molecule has 0 unspecified atom stereocenters. The lowest BCUT2D eigenvalue weighted by molar-refractivity contribution is -0.384. The molecule has 3 aromatic carbocycles. The number of carbonyl (C=O) groups is 2. The van der Waals surface area contributed by atoms with Gasteiger partial charge in [0.25, 0.3) is 5.69 Å². The van der Waals surface area contributed by atoms with E-state index in [1.807, 2.05) is 49.4 Å². The van der Waals surface area contributed by atoms with E-state index in [-0.39, 0.29) is 35.5 Å². The van der Waals surface area contributed by atoms with Gasteiger partial charge in [-0.3, -0.25) is 29.6 Å². The average molecular weight is 585 g/mol. The largest absolute Gasteiger partial charge is 0.497 e. The predicted molar refractivity (Wildman–Crippen MR) is 165 cm³/mol. The van der Waals surface area contributed by atoms with Gasteiger partial charge in [-0.15, -0.1) is 0 Å². The number of carbonyl (C=O) groups excluding carboxylic acids is 2. The summed E-state index contributed by atoms with van der Waals surface area (Å²) in [6.07, 6.45) is 0.286. The number of urea groups is 1. The van der Waals surface area contributed by atoms with E-state index < -0.39 is 0 Å². The number of aryl methyl sites for hydroxylation is 1. The number of nitrogens with zero attached hydrogens (tertiary/aromatic N) is 6. The third-order valence-electron chi connectivity index (χ3n) is 8.77. The number of methoxy groups -OCH3 is 1. The van der Waals surface area contributed by atoms with Gasteiger partial charge in [0, 0.05) is 87.5 Å². The van der Waals surface area contributed by atoms with Gasteiger partial charge < -0.3 is 14.5 Å². The highest BCUT2D eigenvalue weighted by atomic mass is 16.6. The van der Waals surface area contributed by atoms with Gasteiger partial charge in [-0.05, 0) is 60.5 Å². The fourth-order valence-electron chi connectivity index (χ4n) is 6.15. The summed E-state index contributed by atoms with van der Waals surface area (Å²) in [7, 11) is 1.60. The van der Waals surface area contributed by atoms with Crippen LogP contribution in [0.3, 0.4) is 0 Å². The van der Waals surface area contributed by atoms with Crippen LogP contribution in [0.1, 0.15) is 17.5 Å². The molecule has 0 spiro atoms. The molecule has 0 N–H and O–H groups in total. The highest BCUT2D eigenvalue weighted by Gasteiger charge is 2.35. The van der Waals surface area contributed by atoms with E-state index in [0.29, 0.717) is 12.6 Å². The Morgan fingerprint density at radius 3 is 2.16 bits per heavy atom. The van der Waals surface area contributed by atoms with Crippen molar-refractivity contribution in [2.75, 3.05) is 67.6 Å². The minimum Gasteiger partial charge on any atom is -0.497 e. The van der Waals surface area contributed by atoms with Gasteiger partial charge in [-0.25, -0.2) is 4.79 Å². The number of nitro groups is 1. The van der Waals surface area contributed by atoms with Crippen molar-refractivity contribution >= 4 is 34.7 Å². The number of ether oxygens (including phenoxy) is 1. The van der Waals surface area contributed by atoms with Gasteiger partial charge in [-0.2, -0.15) is 0 Å². The van der Waals surface area contributed by atoms with Crippen molar-refractivity contribution in [2.45, 2.75) is 25.9 Å². The van der Waals surface area contributed by atoms with Crippen LogP contribution in [0.15, 0.2) is 66.7 Å². The summed E-state index contributed by atoms with van der Waals surface area (Å²) < 4.78 is 5.21. The first kappa shape index (κ1) is 28.5. The van der Waals surface area contributed by atoms with Crippen molar-refractivity contribution in [1.29, 1.82) is 0 Å². The fraction of sp³-hybridized carbons (Fsp3) is 0.375. The van der Waals surface area contributed by atoms with E-state index in [4.69, 9.17) is 4.74 Å². The molecule has 0 radical (unpaired) electrons. The molecule has 3 aliphatic heterocycles. The zero-order valence-corrected chi connectivity index (χ0v) is 24.5. The van der Waals surface area contributed by atoms with Crippen molar-refractivity contribution in [1.82, 2.24) is 9.80 Å². The Morgan fingerprint density at radius 2 is 1.53 bits per heavy atom. The number of imide groups is 1. The van der Waals surface area contributed by atoms with Crippen LogP contribution in [0.2, 0.25) is 0 Å². The topological polar surface area (TPSA) is 103 Å². The summed E-state index contributed by atoms with van der Waals surface area (Å²) in [6.45, 7) is 8.23. The zero-order valence-electron chi connectivity index (χ0n) is 24.5. The number of anilines is 3. The number of piperazine rings is 1. The SMILES string of the molecule is COc1ccc(CN2C(=O)CCN(c3ccc(N4CCN(C5CN(c6ccc([N+](=O)[O-])cc6)C5)CC4)cc3C)C2=O)cc1. The van der Waals surface area contributed by atoms with Crippen LogP contribution in [0.4, 0.5) is 27.5 Å². The monoisotopic (exact) mass is 584 g/mol. The molecule has 43 heavy (non-hydrogen) atoms. The summed E-state index contributed by atoms with van der Waals surface area (Å²) in [4.78, 5) is 46.9. The molecule has 0 aromatic heterocycles. The summed E-state index contributed by atoms with van der Waals surface area (Å²) in [5, 5.41) is 10.9. The molecular formula is C32H36N6O5. The van der Waals surface area contributed by atoms with Crippen molar-refractivity contribution < 1.29 is 19.2 Å². The number of benzene rings is 3. The first-order valence-electron chi connectivity index (χ1n) is 14.6. The molecule has 0 saturated carbocycles. The Balaban J connectivity index is 1.04. The van der Waals surface area contributed by atoms with Crippen LogP contribution in [0.25, 0.3) is 0 Å². The molecule has 3 aliphatic rings. The number of hydrogen-bond donors (Lipinski definition) is 0. The van der Waals surface area contributed by atoms with Gasteiger partial charge in [0.1, 0.15) is 5.75 Å². The van der Waals surface area contributed by atoms with E-state index in [0.717, 1.165) is 73.2 Å². The lowest BCUT2D eigenvalue weighted by atomic mass is 10.0. The second-order valence-electron chi connectivity index (χ2n) is 11.3. The zero-order chi connectivity index (χ0) is 30.1. The third kappa shape index (κ3) is 5.85. The van der Waals surface area contributed by atoms with Crippen molar-refractivity contribution in [3.63, 3.8) is 0 Å². The van der Waals surface area contributed by atoms with Gasteiger partial charge in [0.2, 0.25) is 5.91 Å². The lowest BCUT2D eigenvalue weighted by Gasteiger charge is -2.49. The molecule has 6 rings (SSSR count). The summed E-state index contributed by atoms with van der Waals surface area (Å²) in [5.74, 6) is 0.569. The average Bonchev–Trinajstić information content (AvgIpc) is 3.00. The summed E-state index contributed by atoms with van der Waals surface area (Å²) in [6, 6.07) is 20.6. The quantitative estimate of drug-likeness (QED) is 0.286. The summed E-state index contributed by atoms with van der Waals surface area (Å²) in [5.41, 5.74) is 4.99. The molecule has 3 aromatic rings. The Labute approximate surface area is 251 Å². The highest BCUT2D eigenvalue weighted by Crippen LogP contribution is 2.31. The van der Waals surface area contributed by atoms with Crippen LogP contribution in [0, 0.1) is 17.0 Å². The summed E-state index contributed by atoms with van der Waals surface area (Å²) >= 11 is 0. The molecule has 0 bridgehead atoms. The number of non-ortho nitro benzene ring substituents is 1. The Bertz CT molecular complexity index is 1500. The molecule has 224 valence electrons. The number of amides is 3. The number of nitro benzene ring substituents is 1. The standard InChI is InChI=1S/C32H36N6O5/c1-23-19-27(33-15-17-34(18-16-33)28-21-35(22-28)25-5-7-26(8-6-25)38(41)42)9-12-30(23)36-14-13-31(39)37(32(36)40)20-24-3-10-29(43-2)11-4-24/h3-12,19,28H,13-18,20-22H2,1-2H3. The molecule has 11 nitrogen and oxygen atoms in total. The number of hydrogen-bond acceptors (Lipinski definition) is 8. The minimum atomic E-state index is -0.370. The van der Waals surface area contributed by atoms with Crippen LogP contribution >= 0.6 is 0 Å². The van der Waals surface area contributed by atoms with Gasteiger partial charge in [0.05, 0.1) is 18.6 Å². The van der Waals surface area contributed by atoms with Gasteiger partial charge in [-0.1, -0.05) is 12.1 Å². The normalized spacial score (nSPS) is 18.2. The molecule has 3 saturated heterocycles. The predicted octanol–water partition coefficient (Wildman–Crippen LogP) is 4.28. The smallest absolute Gasteiger partial charge is 0.331 e. The molecule has 0 atom stereocenters. The van der Waals surface area contributed by atoms with Crippen LogP contribution in [0.5, 0.6) is 5.75 Å². The molecule has 3 amide bonds. The fourth-order valence-corrected chi connectivity index (χ4v) is 6.15. The first-order valence-corrected chi connectivity index (χ1v) is 14.6. The van der Waals surface area contributed by atoms with Crippen molar-refractivity contribution in [3.05, 3.63) is 88.0 Å². The first-order chi connectivity index (χ1) is 20.8. The van der Waals surface area contributed by atoms with Gasteiger partial charge >= 0.3 is 6.03 Å². The van der Waals surface area contributed by atoms with Crippen LogP contribution < -0.4 is 19.4 Å². The van der Waals surface area contributed by atoms with Crippen LogP contribution in [-0.2, 0) is 11.3 Å². The number of rotatable bonds is 8. The molecule has 3 heterocycles. The van der Waals surface area contributed by atoms with E-state index in [9.17, 15) is 19.7 Å². The molecule has 0 aliphatic carbocycles. The second-order valence-corrected chi connectivity index (χ2v) is 11.3. The Morgan fingerprint density at radius 1 is 0.860 bits per heavy atom. The minimum absolute atomic E-state index is 0.115. The Hall–Kier alpha value is -4.64. The molecule has 11 heteroatoms. The van der Waals surface area contributed by atoms with E-state index in [1.165, 1.54) is 4.90 Å². The molecular weight excluding hydrogens is 548 g/mol. The molecule has 3 fully saturated rings. The van der Waals surface area contributed by atoms with Crippen molar-refractivity contribution in [3.8, 4) is 5.75 Å². The van der Waals surface area contributed by atoms with Crippen molar-refractivity contribution in [2.24, 2.45) is 0 Å².